The molecule has 9 heteroatoms. The number of hydrogen-bond acceptors (Lipinski definition) is 5. The lowest BCUT2D eigenvalue weighted by Crippen LogP contribution is -2.33. The van der Waals surface area contributed by atoms with Gasteiger partial charge in [0.2, 0.25) is 5.91 Å². The van der Waals surface area contributed by atoms with Gasteiger partial charge in [-0.05, 0) is 67.9 Å². The van der Waals surface area contributed by atoms with Crippen LogP contribution in [-0.2, 0) is 4.79 Å². The fourth-order valence-corrected chi connectivity index (χ4v) is 3.85. The van der Waals surface area contributed by atoms with Gasteiger partial charge in [0.1, 0.15) is 5.82 Å². The molecule has 0 aliphatic rings. The number of amides is 2. The van der Waals surface area contributed by atoms with Crippen LogP contribution in [0, 0.1) is 15.9 Å². The molecule has 33 heavy (non-hydrogen) atoms. The van der Waals surface area contributed by atoms with Crippen LogP contribution in [0.3, 0.4) is 0 Å². The van der Waals surface area contributed by atoms with E-state index in [-0.39, 0.29) is 23.5 Å². The zero-order valence-electron chi connectivity index (χ0n) is 17.9. The van der Waals surface area contributed by atoms with Crippen LogP contribution in [0.1, 0.15) is 35.8 Å². The smallest absolute Gasteiger partial charge is 0.269 e. The van der Waals surface area contributed by atoms with Crippen molar-refractivity contribution in [1.82, 2.24) is 5.32 Å². The summed E-state index contributed by atoms with van der Waals surface area (Å²) in [6, 6.07) is 18.1. The van der Waals surface area contributed by atoms with Gasteiger partial charge in [0.15, 0.2) is 0 Å². The van der Waals surface area contributed by atoms with Crippen molar-refractivity contribution in [2.24, 2.45) is 0 Å². The third kappa shape index (κ3) is 6.63. The number of thioether (sulfide) groups is 1. The summed E-state index contributed by atoms with van der Waals surface area (Å²) in [7, 11) is 0. The summed E-state index contributed by atoms with van der Waals surface area (Å²) in [6.45, 7) is 3.62. The average Bonchev–Trinajstić information content (AvgIpc) is 2.80. The predicted octanol–water partition coefficient (Wildman–Crippen LogP) is 5.34. The average molecular weight is 468 g/mol. The van der Waals surface area contributed by atoms with Crippen LogP contribution < -0.4 is 10.6 Å². The molecular formula is C24H22FN3O4S. The molecule has 0 aromatic heterocycles. The van der Waals surface area contributed by atoms with Gasteiger partial charge in [0.05, 0.1) is 16.2 Å². The van der Waals surface area contributed by atoms with Gasteiger partial charge in [0.25, 0.3) is 11.6 Å². The molecule has 2 unspecified atom stereocenters. The summed E-state index contributed by atoms with van der Waals surface area (Å²) >= 11 is 1.31. The van der Waals surface area contributed by atoms with E-state index >= 15 is 0 Å². The van der Waals surface area contributed by atoms with E-state index in [1.54, 1.807) is 43.3 Å². The Labute approximate surface area is 194 Å². The third-order valence-electron chi connectivity index (χ3n) is 4.86. The number of benzene rings is 3. The number of non-ortho nitro benzene ring substituents is 1. The Morgan fingerprint density at radius 2 is 1.55 bits per heavy atom. The highest BCUT2D eigenvalue weighted by atomic mass is 32.2. The van der Waals surface area contributed by atoms with Gasteiger partial charge in [-0.2, -0.15) is 0 Å². The molecule has 3 rings (SSSR count). The molecule has 7 nitrogen and oxygen atoms in total. The zero-order valence-corrected chi connectivity index (χ0v) is 18.8. The van der Waals surface area contributed by atoms with Gasteiger partial charge in [-0.25, -0.2) is 4.39 Å². The number of rotatable bonds is 8. The second-order valence-electron chi connectivity index (χ2n) is 7.32. The fourth-order valence-electron chi connectivity index (χ4n) is 2.98. The van der Waals surface area contributed by atoms with Gasteiger partial charge in [0, 0.05) is 28.3 Å². The van der Waals surface area contributed by atoms with Crippen molar-refractivity contribution in [2.75, 3.05) is 5.32 Å². The van der Waals surface area contributed by atoms with Crippen molar-refractivity contribution in [2.45, 2.75) is 30.0 Å². The number of halogens is 1. The number of carbonyl (C=O) groups excluding carboxylic acids is 2. The van der Waals surface area contributed by atoms with E-state index in [1.807, 2.05) is 6.92 Å². The molecule has 2 N–H and O–H groups in total. The minimum absolute atomic E-state index is 0.00220. The van der Waals surface area contributed by atoms with Gasteiger partial charge in [-0.1, -0.05) is 12.1 Å². The maximum absolute atomic E-state index is 13.0. The monoisotopic (exact) mass is 467 g/mol. The molecule has 0 fully saturated rings. The summed E-state index contributed by atoms with van der Waals surface area (Å²) < 4.78 is 13.0. The molecule has 0 saturated carbocycles. The van der Waals surface area contributed by atoms with Crippen LogP contribution in [0.25, 0.3) is 0 Å². The van der Waals surface area contributed by atoms with E-state index in [9.17, 15) is 24.1 Å². The Morgan fingerprint density at radius 3 is 2.12 bits per heavy atom. The van der Waals surface area contributed by atoms with Crippen LogP contribution >= 0.6 is 11.8 Å². The largest absolute Gasteiger partial charge is 0.349 e. The first-order valence-electron chi connectivity index (χ1n) is 10.1. The summed E-state index contributed by atoms with van der Waals surface area (Å²) in [5.74, 6) is -0.923. The highest BCUT2D eigenvalue weighted by Crippen LogP contribution is 2.26. The second-order valence-corrected chi connectivity index (χ2v) is 8.74. The number of hydrogen-bond donors (Lipinski definition) is 2. The Bertz CT molecular complexity index is 1140. The fraction of sp³-hybridized carbons (Fsp3) is 0.167. The maximum Gasteiger partial charge on any atom is 0.269 e. The van der Waals surface area contributed by atoms with E-state index in [4.69, 9.17) is 0 Å². The predicted molar refractivity (Wildman–Crippen MR) is 126 cm³/mol. The van der Waals surface area contributed by atoms with Crippen LogP contribution in [0.2, 0.25) is 0 Å². The standard InChI is InChI=1S/C24H22FN3O4S/c1-15(26-23(29)16(2)33-22-13-11-21(12-14-22)28(31)32)17-5-9-20(10-6-17)27-24(30)18-3-7-19(25)8-4-18/h3-16H,1-2H3,(H,26,29)(H,27,30). The molecule has 0 radical (unpaired) electrons. The summed E-state index contributed by atoms with van der Waals surface area (Å²) in [5, 5.41) is 16.0. The molecule has 3 aromatic rings. The molecule has 0 aliphatic carbocycles. The normalized spacial score (nSPS) is 12.5. The van der Waals surface area contributed by atoms with Crippen molar-refractivity contribution in [3.05, 3.63) is 99.9 Å². The van der Waals surface area contributed by atoms with Crippen molar-refractivity contribution >= 4 is 35.0 Å². The van der Waals surface area contributed by atoms with Gasteiger partial charge < -0.3 is 10.6 Å². The van der Waals surface area contributed by atoms with E-state index in [2.05, 4.69) is 10.6 Å². The SMILES string of the molecule is CC(Sc1ccc([N+](=O)[O-])cc1)C(=O)NC(C)c1ccc(NC(=O)c2ccc(F)cc2)cc1. The van der Waals surface area contributed by atoms with Crippen LogP contribution in [0.5, 0.6) is 0 Å². The van der Waals surface area contributed by atoms with Crippen molar-refractivity contribution in [3.63, 3.8) is 0 Å². The summed E-state index contributed by atoms with van der Waals surface area (Å²) in [6.07, 6.45) is 0. The van der Waals surface area contributed by atoms with Crippen LogP contribution in [0.15, 0.2) is 77.7 Å². The lowest BCUT2D eigenvalue weighted by molar-refractivity contribution is -0.384. The first kappa shape index (κ1) is 23.9. The van der Waals surface area contributed by atoms with Gasteiger partial charge >= 0.3 is 0 Å². The number of nitrogens with one attached hydrogen (secondary N) is 2. The molecule has 0 aliphatic heterocycles. The Kier molecular flexibility index (Phi) is 7.78. The van der Waals surface area contributed by atoms with Crippen LogP contribution in [0.4, 0.5) is 15.8 Å². The first-order valence-corrected chi connectivity index (χ1v) is 11.0. The lowest BCUT2D eigenvalue weighted by Gasteiger charge is -2.18. The van der Waals surface area contributed by atoms with E-state index in [0.29, 0.717) is 11.3 Å². The minimum atomic E-state index is -0.467. The molecule has 0 bridgehead atoms. The van der Waals surface area contributed by atoms with Gasteiger partial charge in [-0.3, -0.25) is 19.7 Å². The highest BCUT2D eigenvalue weighted by Gasteiger charge is 2.18. The molecule has 3 aromatic carbocycles. The number of nitrogens with zero attached hydrogens (tertiary/aromatic N) is 1. The van der Waals surface area contributed by atoms with Crippen molar-refractivity contribution < 1.29 is 18.9 Å². The summed E-state index contributed by atoms with van der Waals surface area (Å²) in [5.41, 5.74) is 1.78. The molecular weight excluding hydrogens is 445 g/mol. The Hall–Kier alpha value is -3.72. The molecule has 2 amide bonds. The first-order chi connectivity index (χ1) is 15.7. The summed E-state index contributed by atoms with van der Waals surface area (Å²) in [4.78, 5) is 35.9. The lowest BCUT2D eigenvalue weighted by atomic mass is 10.1. The number of nitro groups is 1. The van der Waals surface area contributed by atoms with Gasteiger partial charge in [-0.15, -0.1) is 11.8 Å². The number of nitro benzene ring substituents is 1. The van der Waals surface area contributed by atoms with E-state index < -0.39 is 16.0 Å². The number of anilines is 1. The molecule has 170 valence electrons. The molecule has 0 heterocycles. The molecule has 2 atom stereocenters. The minimum Gasteiger partial charge on any atom is -0.349 e. The molecule has 0 saturated heterocycles. The zero-order chi connectivity index (χ0) is 24.0. The topological polar surface area (TPSA) is 101 Å². The van der Waals surface area contributed by atoms with Crippen LogP contribution in [-0.4, -0.2) is 22.0 Å². The highest BCUT2D eigenvalue weighted by molar-refractivity contribution is 8.00. The Morgan fingerprint density at radius 1 is 0.939 bits per heavy atom. The Balaban J connectivity index is 1.54. The van der Waals surface area contributed by atoms with E-state index in [1.165, 1.54) is 48.2 Å². The number of carbonyl (C=O) groups is 2. The molecule has 0 spiro atoms. The third-order valence-corrected chi connectivity index (χ3v) is 5.98. The second kappa shape index (κ2) is 10.7. The quantitative estimate of drug-likeness (QED) is 0.264. The van der Waals surface area contributed by atoms with Crippen molar-refractivity contribution in [1.29, 1.82) is 0 Å². The van der Waals surface area contributed by atoms with E-state index in [0.717, 1.165) is 10.5 Å². The van der Waals surface area contributed by atoms with Crippen molar-refractivity contribution in [3.8, 4) is 0 Å². The maximum atomic E-state index is 13.0.